The van der Waals surface area contributed by atoms with Crippen molar-refractivity contribution in [2.24, 2.45) is 29.1 Å². The minimum absolute atomic E-state index is 0.387. The minimum Gasteiger partial charge on any atom is -0.393 e. The molecule has 3 heteroatoms. The molecule has 0 spiro atoms. The van der Waals surface area contributed by atoms with Crippen molar-refractivity contribution in [3.05, 3.63) is 22.8 Å². The Bertz CT molecular complexity index is 715. The predicted molar refractivity (Wildman–Crippen MR) is 143 cm³/mol. The molecule has 0 aromatic rings. The van der Waals surface area contributed by atoms with Gasteiger partial charge in [0.05, 0.1) is 17.8 Å². The Kier molecular flexibility index (Phi) is 9.54. The van der Waals surface area contributed by atoms with E-state index in [1.807, 2.05) is 13.8 Å². The van der Waals surface area contributed by atoms with Gasteiger partial charge in [-0.1, -0.05) is 57.8 Å². The van der Waals surface area contributed by atoms with Crippen molar-refractivity contribution < 1.29 is 15.3 Å². The molecule has 0 heterocycles. The highest BCUT2D eigenvalue weighted by molar-refractivity contribution is 5.34. The largest absolute Gasteiger partial charge is 0.393 e. The maximum Gasteiger partial charge on any atom is 0.0602 e. The highest BCUT2D eigenvalue weighted by Gasteiger charge is 2.50. The van der Waals surface area contributed by atoms with Crippen molar-refractivity contribution >= 4 is 0 Å². The topological polar surface area (TPSA) is 60.7 Å². The summed E-state index contributed by atoms with van der Waals surface area (Å²) in [6.45, 7) is 13.5. The Balaban J connectivity index is 1.80. The van der Waals surface area contributed by atoms with E-state index in [1.54, 1.807) is 5.57 Å². The van der Waals surface area contributed by atoms with Crippen LogP contribution in [0.25, 0.3) is 0 Å². The van der Waals surface area contributed by atoms with Crippen LogP contribution in [0.3, 0.4) is 0 Å². The van der Waals surface area contributed by atoms with Crippen LogP contribution >= 0.6 is 0 Å². The molecule has 6 atom stereocenters. The van der Waals surface area contributed by atoms with E-state index in [-0.39, 0.29) is 0 Å². The van der Waals surface area contributed by atoms with Crippen LogP contribution in [-0.4, -0.2) is 33.1 Å². The second-order valence-electron chi connectivity index (χ2n) is 13.5. The second kappa shape index (κ2) is 11.6. The molecular weight excluding hydrogens is 420 g/mol. The number of fused-ring (bicyclic) bond motifs is 1. The van der Waals surface area contributed by atoms with Crippen LogP contribution in [0.4, 0.5) is 0 Å². The van der Waals surface area contributed by atoms with Crippen LogP contribution < -0.4 is 0 Å². The first-order chi connectivity index (χ1) is 15.9. The Hall–Kier alpha value is -0.640. The molecule has 0 aromatic heterocycles. The average molecular weight is 475 g/mol. The molecule has 0 saturated heterocycles. The molecule has 0 amide bonds. The summed E-state index contributed by atoms with van der Waals surface area (Å²) in [6, 6.07) is 0. The number of hydrogen-bond donors (Lipinski definition) is 3. The van der Waals surface area contributed by atoms with E-state index in [0.717, 1.165) is 44.4 Å². The lowest BCUT2D eigenvalue weighted by Crippen LogP contribution is -2.36. The molecule has 0 aliphatic heterocycles. The first kappa shape index (κ1) is 27.9. The first-order valence-electron chi connectivity index (χ1n) is 14.4. The summed E-state index contributed by atoms with van der Waals surface area (Å²) in [5.74, 6) is 2.81. The van der Waals surface area contributed by atoms with Crippen molar-refractivity contribution in [1.29, 1.82) is 0 Å². The number of allylic oxidation sites excluding steroid dienone is 3. The third-order valence-corrected chi connectivity index (χ3v) is 9.49. The van der Waals surface area contributed by atoms with Gasteiger partial charge in [-0.05, 0) is 119 Å². The zero-order valence-corrected chi connectivity index (χ0v) is 23.1. The van der Waals surface area contributed by atoms with Gasteiger partial charge in [0.25, 0.3) is 0 Å². The lowest BCUT2D eigenvalue weighted by Gasteiger charge is -2.44. The first-order valence-corrected chi connectivity index (χ1v) is 14.4. The molecule has 196 valence electrons. The zero-order valence-electron chi connectivity index (χ0n) is 23.1. The van der Waals surface area contributed by atoms with E-state index in [1.165, 1.54) is 49.7 Å². The molecule has 3 N–H and O–H groups in total. The van der Waals surface area contributed by atoms with E-state index >= 15 is 0 Å². The summed E-state index contributed by atoms with van der Waals surface area (Å²) in [5, 5.41) is 30.8. The molecule has 0 unspecified atom stereocenters. The smallest absolute Gasteiger partial charge is 0.0602 e. The average Bonchev–Trinajstić information content (AvgIpc) is 3.07. The maximum atomic E-state index is 10.4. The fourth-order valence-electron chi connectivity index (χ4n) is 7.66. The lowest BCUT2D eigenvalue weighted by molar-refractivity contribution is 0.0589. The number of aliphatic hydroxyl groups is 3. The van der Waals surface area contributed by atoms with Crippen molar-refractivity contribution in [2.45, 2.75) is 143 Å². The highest BCUT2D eigenvalue weighted by Crippen LogP contribution is 2.60. The Morgan fingerprint density at radius 2 is 1.76 bits per heavy atom. The summed E-state index contributed by atoms with van der Waals surface area (Å²) in [6.07, 6.45) is 15.7. The normalized spacial score (nSPS) is 34.5. The van der Waals surface area contributed by atoms with E-state index in [4.69, 9.17) is 0 Å². The molecular formula is C31H54O3. The molecule has 0 bridgehead atoms. The van der Waals surface area contributed by atoms with Crippen LogP contribution in [0, 0.1) is 29.1 Å². The molecule has 3 nitrogen and oxygen atoms in total. The summed E-state index contributed by atoms with van der Waals surface area (Å²) in [5.41, 5.74) is 4.22. The highest BCUT2D eigenvalue weighted by atomic mass is 16.3. The summed E-state index contributed by atoms with van der Waals surface area (Å²) >= 11 is 0. The van der Waals surface area contributed by atoms with Gasteiger partial charge in [-0.3, -0.25) is 0 Å². The van der Waals surface area contributed by atoms with Crippen molar-refractivity contribution in [3.63, 3.8) is 0 Å². The zero-order chi connectivity index (χ0) is 25.1. The monoisotopic (exact) mass is 474 g/mol. The van der Waals surface area contributed by atoms with E-state index in [2.05, 4.69) is 33.8 Å². The predicted octanol–water partition coefficient (Wildman–Crippen LogP) is 7.35. The molecule has 3 fully saturated rings. The van der Waals surface area contributed by atoms with Crippen molar-refractivity contribution in [1.82, 2.24) is 0 Å². The Morgan fingerprint density at radius 3 is 2.38 bits per heavy atom. The van der Waals surface area contributed by atoms with Gasteiger partial charge in [-0.2, -0.15) is 0 Å². The molecule has 3 rings (SSSR count). The van der Waals surface area contributed by atoms with E-state index in [9.17, 15) is 15.3 Å². The second-order valence-corrected chi connectivity index (χ2v) is 13.5. The van der Waals surface area contributed by atoms with Crippen molar-refractivity contribution in [3.8, 4) is 0 Å². The van der Waals surface area contributed by atoms with Crippen LogP contribution in [0.5, 0.6) is 0 Å². The van der Waals surface area contributed by atoms with Crippen LogP contribution in [-0.2, 0) is 0 Å². The van der Waals surface area contributed by atoms with Gasteiger partial charge >= 0.3 is 0 Å². The summed E-state index contributed by atoms with van der Waals surface area (Å²) < 4.78 is 0. The van der Waals surface area contributed by atoms with Gasteiger partial charge < -0.3 is 15.3 Å². The molecule has 34 heavy (non-hydrogen) atoms. The fraction of sp³-hybridized carbons (Fsp3) is 0.871. The minimum atomic E-state index is -0.553. The third kappa shape index (κ3) is 7.20. The Morgan fingerprint density at radius 1 is 1.09 bits per heavy atom. The van der Waals surface area contributed by atoms with E-state index < -0.39 is 17.8 Å². The van der Waals surface area contributed by atoms with Crippen molar-refractivity contribution in [2.75, 3.05) is 0 Å². The van der Waals surface area contributed by atoms with E-state index in [0.29, 0.717) is 29.6 Å². The maximum absolute atomic E-state index is 10.4. The third-order valence-electron chi connectivity index (χ3n) is 9.49. The van der Waals surface area contributed by atoms with Gasteiger partial charge in [-0.15, -0.1) is 0 Å². The van der Waals surface area contributed by atoms with Gasteiger partial charge in [0.2, 0.25) is 0 Å². The van der Waals surface area contributed by atoms with Crippen LogP contribution in [0.2, 0.25) is 0 Å². The number of aliphatic hydroxyl groups excluding tert-OH is 2. The van der Waals surface area contributed by atoms with Gasteiger partial charge in [-0.25, -0.2) is 0 Å². The lowest BCUT2D eigenvalue weighted by atomic mass is 9.60. The van der Waals surface area contributed by atoms with Gasteiger partial charge in [0.15, 0.2) is 0 Å². The molecule has 3 saturated carbocycles. The molecule has 3 aliphatic rings. The SMILES string of the molecule is CC(C)CCC(/C=C1\CCC[C@]2(C)[C@@H]([C@H](C)CCCC(C)(C)O)CC[C@@H]12)=C1C[C@@H](O)C[C@H](O)C1. The van der Waals surface area contributed by atoms with Crippen LogP contribution in [0.15, 0.2) is 22.8 Å². The molecule has 0 radical (unpaired) electrons. The molecule has 3 aliphatic carbocycles. The Labute approximate surface area is 210 Å². The number of rotatable bonds is 9. The quantitative estimate of drug-likeness (QED) is 0.327. The molecule has 0 aromatic carbocycles. The standard InChI is InChI=1S/C31H54O3/c1-21(2)11-12-23(25-18-26(32)20-27(33)19-25)17-24-10-8-16-31(6)28(13-14-29(24)31)22(3)9-7-15-30(4,5)34/h17,21-22,26-29,32-34H,7-16,18-20H2,1-6H3/b24-17+/t22-,26-,27-,28-,29+,31-/m1/s1. The fourth-order valence-corrected chi connectivity index (χ4v) is 7.66. The van der Waals surface area contributed by atoms with Gasteiger partial charge in [0.1, 0.15) is 0 Å². The number of hydrogen-bond acceptors (Lipinski definition) is 3. The van der Waals surface area contributed by atoms with Gasteiger partial charge in [0, 0.05) is 0 Å². The summed E-state index contributed by atoms with van der Waals surface area (Å²) in [4.78, 5) is 0. The summed E-state index contributed by atoms with van der Waals surface area (Å²) in [7, 11) is 0. The van der Waals surface area contributed by atoms with Crippen LogP contribution in [0.1, 0.15) is 125 Å².